The maximum absolute atomic E-state index is 12.8. The van der Waals surface area contributed by atoms with Gasteiger partial charge in [-0.3, -0.25) is 9.69 Å². The molecule has 1 amide bonds. The van der Waals surface area contributed by atoms with Crippen LogP contribution in [0.1, 0.15) is 11.1 Å². The summed E-state index contributed by atoms with van der Waals surface area (Å²) in [5, 5.41) is 9.82. The van der Waals surface area contributed by atoms with Gasteiger partial charge in [-0.25, -0.2) is 4.79 Å². The third-order valence-corrected chi connectivity index (χ3v) is 6.72. The molecular formula is C30H30N4O4. The number of hydrogen-bond donors (Lipinski definition) is 2. The van der Waals surface area contributed by atoms with Gasteiger partial charge in [-0.15, -0.1) is 0 Å². The van der Waals surface area contributed by atoms with E-state index in [9.17, 15) is 14.7 Å². The predicted molar refractivity (Wildman–Crippen MR) is 146 cm³/mol. The third-order valence-electron chi connectivity index (χ3n) is 6.72. The van der Waals surface area contributed by atoms with Gasteiger partial charge in [0.1, 0.15) is 11.5 Å². The van der Waals surface area contributed by atoms with E-state index >= 15 is 0 Å². The van der Waals surface area contributed by atoms with Crippen LogP contribution in [0.25, 0.3) is 22.5 Å². The smallest absolute Gasteiger partial charge is 0.345 e. The Labute approximate surface area is 221 Å². The lowest BCUT2D eigenvalue weighted by atomic mass is 10.1. The molecule has 8 nitrogen and oxygen atoms in total. The number of nitrogens with zero attached hydrogens (tertiary/aromatic N) is 3. The number of phenols is 1. The molecule has 2 N–H and O–H groups in total. The van der Waals surface area contributed by atoms with Crippen molar-refractivity contribution >= 4 is 5.91 Å². The summed E-state index contributed by atoms with van der Waals surface area (Å²) in [4.78, 5) is 36.2. The van der Waals surface area contributed by atoms with Crippen LogP contribution < -0.4 is 10.4 Å². The van der Waals surface area contributed by atoms with Gasteiger partial charge in [0.2, 0.25) is 0 Å². The fourth-order valence-corrected chi connectivity index (χ4v) is 4.56. The normalized spacial score (nSPS) is 13.9. The molecule has 1 fully saturated rings. The first-order valence-corrected chi connectivity index (χ1v) is 12.6. The zero-order valence-electron chi connectivity index (χ0n) is 21.3. The molecule has 194 valence electrons. The molecule has 0 spiro atoms. The number of carbonyl (C=O) groups excluding carboxylic acids is 1. The van der Waals surface area contributed by atoms with Crippen molar-refractivity contribution in [2.24, 2.45) is 0 Å². The molecule has 1 aliphatic rings. The van der Waals surface area contributed by atoms with Gasteiger partial charge >= 0.3 is 5.69 Å². The van der Waals surface area contributed by atoms with E-state index in [1.807, 2.05) is 35.2 Å². The maximum Gasteiger partial charge on any atom is 0.345 e. The van der Waals surface area contributed by atoms with Gasteiger partial charge in [0.15, 0.2) is 6.61 Å². The highest BCUT2D eigenvalue weighted by molar-refractivity contribution is 5.78. The van der Waals surface area contributed by atoms with Crippen LogP contribution in [0.15, 0.2) is 83.7 Å². The molecule has 0 atom stereocenters. The molecule has 8 heteroatoms. The van der Waals surface area contributed by atoms with Crippen molar-refractivity contribution in [2.45, 2.75) is 13.5 Å². The number of carbonyl (C=O) groups is 1. The number of aromatic nitrogens is 2. The first-order chi connectivity index (χ1) is 18.4. The Bertz CT molecular complexity index is 1480. The number of rotatable bonds is 7. The van der Waals surface area contributed by atoms with Crippen LogP contribution in [0.2, 0.25) is 0 Å². The quantitative estimate of drug-likeness (QED) is 0.392. The Balaban J connectivity index is 1.21. The second-order valence-electron chi connectivity index (χ2n) is 9.45. The number of aromatic hydroxyl groups is 1. The monoisotopic (exact) mass is 510 g/mol. The van der Waals surface area contributed by atoms with E-state index in [0.717, 1.165) is 25.2 Å². The molecular weight excluding hydrogens is 480 g/mol. The van der Waals surface area contributed by atoms with E-state index in [-0.39, 0.29) is 18.3 Å². The average molecular weight is 511 g/mol. The minimum Gasteiger partial charge on any atom is -0.508 e. The van der Waals surface area contributed by atoms with Crippen LogP contribution in [0.5, 0.6) is 11.5 Å². The highest BCUT2D eigenvalue weighted by Gasteiger charge is 2.21. The molecule has 0 aliphatic carbocycles. The van der Waals surface area contributed by atoms with Crippen molar-refractivity contribution in [2.75, 3.05) is 32.8 Å². The van der Waals surface area contributed by atoms with E-state index in [4.69, 9.17) is 4.74 Å². The predicted octanol–water partition coefficient (Wildman–Crippen LogP) is 3.84. The Morgan fingerprint density at radius 3 is 2.50 bits per heavy atom. The SMILES string of the molecule is Cc1cc(-c2cc(-c3cccc(OCC(=O)N4CCN(Cc5ccccc5)CC4)c3)nc(=O)[nH]2)ccc1O. The van der Waals surface area contributed by atoms with Crippen molar-refractivity contribution < 1.29 is 14.6 Å². The summed E-state index contributed by atoms with van der Waals surface area (Å²) in [5.41, 5.74) is 4.05. The zero-order valence-corrected chi connectivity index (χ0v) is 21.3. The molecule has 38 heavy (non-hydrogen) atoms. The summed E-state index contributed by atoms with van der Waals surface area (Å²) in [7, 11) is 0. The summed E-state index contributed by atoms with van der Waals surface area (Å²) in [5.74, 6) is 0.676. The fraction of sp³-hybridized carbons (Fsp3) is 0.233. The minimum absolute atomic E-state index is 0.0472. The average Bonchev–Trinajstić information content (AvgIpc) is 2.94. The number of hydrogen-bond acceptors (Lipinski definition) is 6. The summed E-state index contributed by atoms with van der Waals surface area (Å²) in [6.07, 6.45) is 0. The summed E-state index contributed by atoms with van der Waals surface area (Å²) < 4.78 is 5.83. The fourth-order valence-electron chi connectivity index (χ4n) is 4.56. The van der Waals surface area contributed by atoms with E-state index in [2.05, 4.69) is 27.0 Å². The lowest BCUT2D eigenvalue weighted by Crippen LogP contribution is -2.49. The van der Waals surface area contributed by atoms with Gasteiger partial charge in [-0.1, -0.05) is 42.5 Å². The molecule has 5 rings (SSSR count). The van der Waals surface area contributed by atoms with Crippen LogP contribution in [0.4, 0.5) is 0 Å². The Morgan fingerprint density at radius 1 is 0.947 bits per heavy atom. The van der Waals surface area contributed by atoms with E-state index in [1.54, 1.807) is 43.3 Å². The van der Waals surface area contributed by atoms with E-state index in [1.165, 1.54) is 5.56 Å². The van der Waals surface area contributed by atoms with Gasteiger partial charge in [0.25, 0.3) is 5.91 Å². The van der Waals surface area contributed by atoms with Crippen LogP contribution in [0.3, 0.4) is 0 Å². The second kappa shape index (κ2) is 11.3. The highest BCUT2D eigenvalue weighted by Crippen LogP contribution is 2.27. The van der Waals surface area contributed by atoms with E-state index < -0.39 is 5.69 Å². The molecule has 0 unspecified atom stereocenters. The van der Waals surface area contributed by atoms with Crippen LogP contribution in [0, 0.1) is 6.92 Å². The molecule has 1 aliphatic heterocycles. The molecule has 0 radical (unpaired) electrons. The van der Waals surface area contributed by atoms with Crippen LogP contribution in [-0.4, -0.2) is 63.6 Å². The maximum atomic E-state index is 12.8. The lowest BCUT2D eigenvalue weighted by Gasteiger charge is -2.34. The number of benzene rings is 3. The van der Waals surface area contributed by atoms with Crippen molar-refractivity contribution in [3.8, 4) is 34.0 Å². The number of piperazine rings is 1. The Kier molecular flexibility index (Phi) is 7.51. The number of phenolic OH excluding ortho intramolecular Hbond substituents is 1. The first-order valence-electron chi connectivity index (χ1n) is 12.6. The van der Waals surface area contributed by atoms with Crippen molar-refractivity contribution in [3.63, 3.8) is 0 Å². The number of ether oxygens (including phenoxy) is 1. The first kappa shape index (κ1) is 25.2. The van der Waals surface area contributed by atoms with Gasteiger partial charge in [-0.2, -0.15) is 4.98 Å². The zero-order chi connectivity index (χ0) is 26.5. The largest absolute Gasteiger partial charge is 0.508 e. The summed E-state index contributed by atoms with van der Waals surface area (Å²) in [6.45, 7) is 5.63. The van der Waals surface area contributed by atoms with Crippen molar-refractivity contribution in [1.82, 2.24) is 19.8 Å². The molecule has 0 bridgehead atoms. The lowest BCUT2D eigenvalue weighted by molar-refractivity contribution is -0.135. The summed E-state index contributed by atoms with van der Waals surface area (Å²) in [6, 6.07) is 24.5. The van der Waals surface area contributed by atoms with Gasteiger partial charge in [0, 0.05) is 38.3 Å². The number of aryl methyl sites for hydroxylation is 1. The number of aromatic amines is 1. The third kappa shape index (κ3) is 6.10. The molecule has 4 aromatic rings. The molecule has 1 aromatic heterocycles. The Hall–Kier alpha value is -4.43. The molecule has 3 aromatic carbocycles. The van der Waals surface area contributed by atoms with Crippen molar-refractivity contribution in [3.05, 3.63) is 100 Å². The van der Waals surface area contributed by atoms with E-state index in [0.29, 0.717) is 41.4 Å². The van der Waals surface area contributed by atoms with Crippen LogP contribution in [-0.2, 0) is 11.3 Å². The van der Waals surface area contributed by atoms with Gasteiger partial charge in [0.05, 0.1) is 11.4 Å². The second-order valence-corrected chi connectivity index (χ2v) is 9.45. The Morgan fingerprint density at radius 2 is 1.74 bits per heavy atom. The summed E-state index contributed by atoms with van der Waals surface area (Å²) >= 11 is 0. The van der Waals surface area contributed by atoms with Gasteiger partial charge in [-0.05, 0) is 60.0 Å². The van der Waals surface area contributed by atoms with Crippen molar-refractivity contribution in [1.29, 1.82) is 0 Å². The van der Waals surface area contributed by atoms with Gasteiger partial charge < -0.3 is 19.7 Å². The number of nitrogens with one attached hydrogen (secondary N) is 1. The number of amides is 1. The topological polar surface area (TPSA) is 98.8 Å². The highest BCUT2D eigenvalue weighted by atomic mass is 16.5. The molecule has 1 saturated heterocycles. The number of H-pyrrole nitrogens is 1. The minimum atomic E-state index is -0.476. The molecule has 2 heterocycles. The standard InChI is InChI=1S/C30H30N4O4/c1-21-16-24(10-11-28(21)35)27-18-26(31-30(37)32-27)23-8-5-9-25(17-23)38-20-29(36)34-14-12-33(13-15-34)19-22-6-3-2-4-7-22/h2-11,16-18,35H,12-15,19-20H2,1H3,(H,31,32,37). The van der Waals surface area contributed by atoms with Crippen LogP contribution >= 0.6 is 0 Å². The molecule has 0 saturated carbocycles.